The summed E-state index contributed by atoms with van der Waals surface area (Å²) in [7, 11) is -0.130. The van der Waals surface area contributed by atoms with Gasteiger partial charge in [0.05, 0.1) is 21.3 Å². The molecule has 9 heteroatoms. The normalized spacial score (nSPS) is 10.9. The predicted octanol–water partition coefficient (Wildman–Crippen LogP) is 0.0753. The molecule has 0 heterocycles. The van der Waals surface area contributed by atoms with Crippen LogP contribution in [0.4, 0.5) is 0 Å². The van der Waals surface area contributed by atoms with Crippen LogP contribution in [0.5, 0.6) is 17.2 Å². The lowest BCUT2D eigenvalue weighted by molar-refractivity contribution is -0.135. The van der Waals surface area contributed by atoms with E-state index in [-0.39, 0.29) is 16.4 Å². The number of carboxylic acid groups (broad SMARTS) is 1. The molecular weight excluding hydrogens is 290 g/mol. The number of aliphatic carboxylic acids is 1. The summed E-state index contributed by atoms with van der Waals surface area (Å²) in [5.74, 6) is -0.992. The van der Waals surface area contributed by atoms with Gasteiger partial charge in [0.1, 0.15) is 23.8 Å². The lowest BCUT2D eigenvalue weighted by Gasteiger charge is -2.15. The predicted molar refractivity (Wildman–Crippen MR) is 68.9 cm³/mol. The van der Waals surface area contributed by atoms with Crippen LogP contribution in [-0.2, 0) is 14.8 Å². The monoisotopic (exact) mass is 305 g/mol. The molecule has 112 valence electrons. The Hall–Kier alpha value is -2.00. The van der Waals surface area contributed by atoms with Crippen molar-refractivity contribution in [1.29, 1.82) is 0 Å². The molecule has 0 radical (unpaired) electrons. The van der Waals surface area contributed by atoms with Crippen molar-refractivity contribution >= 4 is 16.0 Å². The fourth-order valence-corrected chi connectivity index (χ4v) is 2.74. The number of carbonyl (C=O) groups is 1. The van der Waals surface area contributed by atoms with E-state index in [2.05, 4.69) is 0 Å². The van der Waals surface area contributed by atoms with Crippen molar-refractivity contribution in [3.8, 4) is 17.2 Å². The van der Waals surface area contributed by atoms with Gasteiger partial charge in [-0.1, -0.05) is 0 Å². The van der Waals surface area contributed by atoms with Crippen LogP contribution >= 0.6 is 0 Å². The standard InChI is InChI=1S/C11H15NO7S/c1-17-7-4-8(18-2)11(9(5-7)19-3)20(15,16)12-6-10(13)14/h4-5,12H,6H2,1-3H3,(H,13,14). The highest BCUT2D eigenvalue weighted by Gasteiger charge is 2.26. The molecule has 0 spiro atoms. The molecule has 0 aliphatic heterocycles. The van der Waals surface area contributed by atoms with Gasteiger partial charge in [-0.25, -0.2) is 8.42 Å². The zero-order valence-corrected chi connectivity index (χ0v) is 12.0. The lowest BCUT2D eigenvalue weighted by atomic mass is 10.3. The van der Waals surface area contributed by atoms with Crippen molar-refractivity contribution < 1.29 is 32.5 Å². The summed E-state index contributed by atoms with van der Waals surface area (Å²) in [5, 5.41) is 8.55. The van der Waals surface area contributed by atoms with Crippen LogP contribution in [0.2, 0.25) is 0 Å². The van der Waals surface area contributed by atoms with Gasteiger partial charge in [-0.2, -0.15) is 4.72 Å². The maximum Gasteiger partial charge on any atom is 0.318 e. The smallest absolute Gasteiger partial charge is 0.318 e. The van der Waals surface area contributed by atoms with E-state index in [1.54, 1.807) is 0 Å². The first-order valence-electron chi connectivity index (χ1n) is 5.37. The van der Waals surface area contributed by atoms with Crippen molar-refractivity contribution in [2.24, 2.45) is 0 Å². The van der Waals surface area contributed by atoms with E-state index < -0.39 is 22.5 Å². The van der Waals surface area contributed by atoms with Gasteiger partial charge in [0, 0.05) is 12.1 Å². The third-order valence-electron chi connectivity index (χ3n) is 2.35. The third-order valence-corrected chi connectivity index (χ3v) is 3.82. The Balaban J connectivity index is 3.38. The second-order valence-electron chi connectivity index (χ2n) is 3.58. The van der Waals surface area contributed by atoms with E-state index in [0.29, 0.717) is 5.75 Å². The molecule has 1 aromatic rings. The lowest BCUT2D eigenvalue weighted by Crippen LogP contribution is -2.30. The van der Waals surface area contributed by atoms with E-state index in [4.69, 9.17) is 19.3 Å². The van der Waals surface area contributed by atoms with Crippen LogP contribution < -0.4 is 18.9 Å². The van der Waals surface area contributed by atoms with Gasteiger partial charge < -0.3 is 19.3 Å². The summed E-state index contributed by atoms with van der Waals surface area (Å²) in [5.41, 5.74) is 0. The largest absolute Gasteiger partial charge is 0.496 e. The molecule has 0 fully saturated rings. The van der Waals surface area contributed by atoms with Crippen LogP contribution in [-0.4, -0.2) is 47.4 Å². The Kier molecular flexibility index (Phi) is 5.17. The summed E-state index contributed by atoms with van der Waals surface area (Å²) >= 11 is 0. The Bertz CT molecular complexity index is 572. The molecule has 20 heavy (non-hydrogen) atoms. The SMILES string of the molecule is COc1cc(OC)c(S(=O)(=O)NCC(=O)O)c(OC)c1. The Morgan fingerprint density at radius 3 is 2.00 bits per heavy atom. The van der Waals surface area contributed by atoms with Gasteiger partial charge in [0.2, 0.25) is 10.0 Å². The summed E-state index contributed by atoms with van der Waals surface area (Å²) in [6.07, 6.45) is 0. The summed E-state index contributed by atoms with van der Waals surface area (Å²) in [6.45, 7) is -0.749. The van der Waals surface area contributed by atoms with E-state index in [0.717, 1.165) is 0 Å². The Morgan fingerprint density at radius 2 is 1.65 bits per heavy atom. The zero-order chi connectivity index (χ0) is 15.3. The minimum absolute atomic E-state index is 0.0147. The Morgan fingerprint density at radius 1 is 1.15 bits per heavy atom. The molecule has 2 N–H and O–H groups in total. The topological polar surface area (TPSA) is 111 Å². The van der Waals surface area contributed by atoms with Gasteiger partial charge in [-0.15, -0.1) is 0 Å². The van der Waals surface area contributed by atoms with Crippen molar-refractivity contribution in [2.45, 2.75) is 4.90 Å². The van der Waals surface area contributed by atoms with Gasteiger partial charge in [-0.3, -0.25) is 4.79 Å². The van der Waals surface area contributed by atoms with Crippen LogP contribution in [0.25, 0.3) is 0 Å². The number of ether oxygens (including phenoxy) is 3. The van der Waals surface area contributed by atoms with Crippen molar-refractivity contribution in [3.05, 3.63) is 12.1 Å². The summed E-state index contributed by atoms with van der Waals surface area (Å²) in [4.78, 5) is 10.2. The number of sulfonamides is 1. The number of carboxylic acids is 1. The van der Waals surface area contributed by atoms with E-state index in [1.807, 2.05) is 4.72 Å². The molecule has 0 saturated heterocycles. The fourth-order valence-electron chi connectivity index (χ4n) is 1.47. The molecule has 0 bridgehead atoms. The molecule has 1 aromatic carbocycles. The second kappa shape index (κ2) is 6.44. The van der Waals surface area contributed by atoms with Crippen molar-refractivity contribution in [2.75, 3.05) is 27.9 Å². The molecule has 0 unspecified atom stereocenters. The molecule has 0 saturated carbocycles. The molecule has 1 rings (SSSR count). The second-order valence-corrected chi connectivity index (χ2v) is 5.28. The number of hydrogen-bond donors (Lipinski definition) is 2. The molecule has 0 aliphatic rings. The molecule has 0 amide bonds. The summed E-state index contributed by atoms with van der Waals surface area (Å²) in [6, 6.07) is 2.72. The zero-order valence-electron chi connectivity index (χ0n) is 11.2. The van der Waals surface area contributed by atoms with Crippen LogP contribution in [0.3, 0.4) is 0 Å². The van der Waals surface area contributed by atoms with Crippen LogP contribution in [0.15, 0.2) is 17.0 Å². The number of hydrogen-bond acceptors (Lipinski definition) is 6. The highest BCUT2D eigenvalue weighted by Crippen LogP contribution is 2.37. The molecule has 0 aromatic heterocycles. The first-order valence-corrected chi connectivity index (χ1v) is 6.85. The van der Waals surface area contributed by atoms with Gasteiger partial charge >= 0.3 is 5.97 Å². The van der Waals surface area contributed by atoms with Crippen LogP contribution in [0.1, 0.15) is 0 Å². The highest BCUT2D eigenvalue weighted by molar-refractivity contribution is 7.89. The summed E-state index contributed by atoms with van der Waals surface area (Å²) < 4.78 is 41.2. The maximum atomic E-state index is 12.1. The molecule has 0 aliphatic carbocycles. The van der Waals surface area contributed by atoms with Gasteiger partial charge in [-0.05, 0) is 0 Å². The number of nitrogens with one attached hydrogen (secondary N) is 1. The average molecular weight is 305 g/mol. The first kappa shape index (κ1) is 16.1. The molecule has 0 atom stereocenters. The number of benzene rings is 1. The van der Waals surface area contributed by atoms with E-state index in [1.165, 1.54) is 33.5 Å². The van der Waals surface area contributed by atoms with Crippen molar-refractivity contribution in [1.82, 2.24) is 4.72 Å². The van der Waals surface area contributed by atoms with Gasteiger partial charge in [0.25, 0.3) is 0 Å². The quantitative estimate of drug-likeness (QED) is 0.733. The van der Waals surface area contributed by atoms with Crippen molar-refractivity contribution in [3.63, 3.8) is 0 Å². The molecule has 8 nitrogen and oxygen atoms in total. The first-order chi connectivity index (χ1) is 9.35. The minimum Gasteiger partial charge on any atom is -0.496 e. The molecular formula is C11H15NO7S. The van der Waals surface area contributed by atoms with Crippen LogP contribution in [0, 0.1) is 0 Å². The van der Waals surface area contributed by atoms with E-state index >= 15 is 0 Å². The Labute approximate surface area is 116 Å². The highest BCUT2D eigenvalue weighted by atomic mass is 32.2. The number of rotatable bonds is 7. The van der Waals surface area contributed by atoms with Gasteiger partial charge in [0.15, 0.2) is 4.90 Å². The third kappa shape index (κ3) is 3.52. The maximum absolute atomic E-state index is 12.1. The fraction of sp³-hybridized carbons (Fsp3) is 0.364. The minimum atomic E-state index is -4.10. The number of methoxy groups -OCH3 is 3. The van der Waals surface area contributed by atoms with E-state index in [9.17, 15) is 13.2 Å². The average Bonchev–Trinajstić information content (AvgIpc) is 2.43.